The number of carbonyl (C=O) groups excluding carboxylic acids is 3. The van der Waals surface area contributed by atoms with Crippen LogP contribution in [0.3, 0.4) is 0 Å². The molecule has 0 aromatic heterocycles. The second kappa shape index (κ2) is 8.20. The molecular formula is C19H21F3N2O4. The highest BCUT2D eigenvalue weighted by molar-refractivity contribution is 5.95. The summed E-state index contributed by atoms with van der Waals surface area (Å²) in [5.41, 5.74) is -0.547. The van der Waals surface area contributed by atoms with Crippen molar-refractivity contribution in [1.82, 2.24) is 5.32 Å². The molecule has 2 fully saturated rings. The molecule has 2 aliphatic carbocycles. The molecule has 0 radical (unpaired) electrons. The first-order valence-electron chi connectivity index (χ1n) is 9.17. The number of amides is 2. The van der Waals surface area contributed by atoms with E-state index >= 15 is 0 Å². The van der Waals surface area contributed by atoms with E-state index in [1.807, 2.05) is 5.32 Å². The highest BCUT2D eigenvalue weighted by Crippen LogP contribution is 2.48. The van der Waals surface area contributed by atoms with E-state index < -0.39 is 53.6 Å². The van der Waals surface area contributed by atoms with Crippen LogP contribution in [0.15, 0.2) is 12.1 Å². The van der Waals surface area contributed by atoms with Crippen molar-refractivity contribution in [2.75, 3.05) is 11.9 Å². The SMILES string of the molecule is CC(OC(=O)C1CC2CCC1C2)C(=O)NCC(=O)Nc1ccc(F)c(F)c1F. The lowest BCUT2D eigenvalue weighted by atomic mass is 9.89. The van der Waals surface area contributed by atoms with Crippen LogP contribution in [-0.2, 0) is 19.1 Å². The molecule has 4 unspecified atom stereocenters. The Morgan fingerprint density at radius 2 is 1.89 bits per heavy atom. The minimum atomic E-state index is -1.71. The van der Waals surface area contributed by atoms with Crippen molar-refractivity contribution < 1.29 is 32.3 Å². The maximum absolute atomic E-state index is 13.5. The summed E-state index contributed by atoms with van der Waals surface area (Å²) in [6.45, 7) is 0.848. The summed E-state index contributed by atoms with van der Waals surface area (Å²) in [7, 11) is 0. The first kappa shape index (κ1) is 20.2. The summed E-state index contributed by atoms with van der Waals surface area (Å²) >= 11 is 0. The number of halogens is 3. The number of hydrogen-bond acceptors (Lipinski definition) is 4. The van der Waals surface area contributed by atoms with Crippen molar-refractivity contribution in [1.29, 1.82) is 0 Å². The van der Waals surface area contributed by atoms with Crippen molar-refractivity contribution >= 4 is 23.5 Å². The van der Waals surface area contributed by atoms with Crippen molar-refractivity contribution in [3.8, 4) is 0 Å². The van der Waals surface area contributed by atoms with Crippen LogP contribution in [0.5, 0.6) is 0 Å². The average molecular weight is 398 g/mol. The van der Waals surface area contributed by atoms with Gasteiger partial charge in [-0.25, -0.2) is 13.2 Å². The highest BCUT2D eigenvalue weighted by Gasteiger charge is 2.44. The van der Waals surface area contributed by atoms with E-state index in [1.165, 1.54) is 6.92 Å². The summed E-state index contributed by atoms with van der Waals surface area (Å²) in [4.78, 5) is 36.1. The van der Waals surface area contributed by atoms with E-state index in [0.29, 0.717) is 17.9 Å². The van der Waals surface area contributed by atoms with Crippen LogP contribution < -0.4 is 10.6 Å². The van der Waals surface area contributed by atoms with Crippen molar-refractivity contribution in [3.63, 3.8) is 0 Å². The Morgan fingerprint density at radius 3 is 2.54 bits per heavy atom. The maximum atomic E-state index is 13.5. The molecular weight excluding hydrogens is 377 g/mol. The summed E-state index contributed by atoms with van der Waals surface area (Å²) in [5, 5.41) is 4.29. The second-order valence-electron chi connectivity index (χ2n) is 7.35. The summed E-state index contributed by atoms with van der Waals surface area (Å²) in [6.07, 6.45) is 2.88. The molecule has 152 valence electrons. The quantitative estimate of drug-likeness (QED) is 0.570. The summed E-state index contributed by atoms with van der Waals surface area (Å²) < 4.78 is 44.8. The predicted octanol–water partition coefficient (Wildman–Crippen LogP) is 2.53. The van der Waals surface area contributed by atoms with Gasteiger partial charge in [-0.2, -0.15) is 0 Å². The molecule has 9 heteroatoms. The van der Waals surface area contributed by atoms with Crippen LogP contribution in [0.2, 0.25) is 0 Å². The number of ether oxygens (including phenoxy) is 1. The fourth-order valence-electron chi connectivity index (χ4n) is 3.98. The Morgan fingerprint density at radius 1 is 1.14 bits per heavy atom. The Bertz CT molecular complexity index is 802. The molecule has 3 rings (SSSR count). The van der Waals surface area contributed by atoms with Gasteiger partial charge in [0.25, 0.3) is 5.91 Å². The molecule has 0 spiro atoms. The predicted molar refractivity (Wildman–Crippen MR) is 92.4 cm³/mol. The topological polar surface area (TPSA) is 84.5 Å². The molecule has 2 saturated carbocycles. The zero-order chi connectivity index (χ0) is 20.4. The summed E-state index contributed by atoms with van der Waals surface area (Å²) in [6, 6.07) is 1.54. The van der Waals surface area contributed by atoms with Gasteiger partial charge in [-0.1, -0.05) is 6.42 Å². The van der Waals surface area contributed by atoms with E-state index in [-0.39, 0.29) is 5.92 Å². The molecule has 2 aliphatic rings. The fraction of sp³-hybridized carbons (Fsp3) is 0.526. The number of anilines is 1. The molecule has 0 saturated heterocycles. The standard InChI is InChI=1S/C19H21F3N2O4/c1-9(28-19(27)12-7-10-2-3-11(12)6-10)18(26)23-8-15(25)24-14-5-4-13(20)16(21)17(14)22/h4-5,9-12H,2-3,6-8H2,1H3,(H,23,26)(H,24,25). The second-order valence-corrected chi connectivity index (χ2v) is 7.35. The van der Waals surface area contributed by atoms with Crippen molar-refractivity contribution in [2.24, 2.45) is 17.8 Å². The van der Waals surface area contributed by atoms with Crippen LogP contribution in [0.1, 0.15) is 32.6 Å². The van der Waals surface area contributed by atoms with Crippen molar-refractivity contribution in [3.05, 3.63) is 29.6 Å². The smallest absolute Gasteiger partial charge is 0.309 e. The lowest BCUT2D eigenvalue weighted by molar-refractivity contribution is -0.160. The zero-order valence-electron chi connectivity index (χ0n) is 15.3. The van der Waals surface area contributed by atoms with Crippen LogP contribution >= 0.6 is 0 Å². The van der Waals surface area contributed by atoms with E-state index in [4.69, 9.17) is 4.74 Å². The molecule has 2 amide bonds. The average Bonchev–Trinajstić information content (AvgIpc) is 3.30. The Labute approximate surface area is 159 Å². The number of rotatable bonds is 6. The minimum absolute atomic E-state index is 0.173. The first-order chi connectivity index (χ1) is 13.3. The molecule has 2 N–H and O–H groups in total. The van der Waals surface area contributed by atoms with Crippen molar-refractivity contribution in [2.45, 2.75) is 38.7 Å². The molecule has 1 aromatic rings. The Kier molecular flexibility index (Phi) is 5.90. The van der Waals surface area contributed by atoms with Gasteiger partial charge in [-0.3, -0.25) is 14.4 Å². The van der Waals surface area contributed by atoms with Crippen LogP contribution in [0, 0.1) is 35.2 Å². The Balaban J connectivity index is 1.45. The number of nitrogens with one attached hydrogen (secondary N) is 2. The highest BCUT2D eigenvalue weighted by atomic mass is 19.2. The van der Waals surface area contributed by atoms with Gasteiger partial charge in [0.1, 0.15) is 0 Å². The molecule has 0 aliphatic heterocycles. The first-order valence-corrected chi connectivity index (χ1v) is 9.17. The molecule has 2 bridgehead atoms. The monoisotopic (exact) mass is 398 g/mol. The Hall–Kier alpha value is -2.58. The van der Waals surface area contributed by atoms with Gasteiger partial charge in [0, 0.05) is 0 Å². The van der Waals surface area contributed by atoms with Gasteiger partial charge in [-0.15, -0.1) is 0 Å². The number of carbonyl (C=O) groups is 3. The van der Waals surface area contributed by atoms with Gasteiger partial charge >= 0.3 is 5.97 Å². The van der Waals surface area contributed by atoms with Crippen LogP contribution in [-0.4, -0.2) is 30.4 Å². The third kappa shape index (κ3) is 4.28. The lowest BCUT2D eigenvalue weighted by Crippen LogP contribution is -2.41. The third-order valence-electron chi connectivity index (χ3n) is 5.44. The largest absolute Gasteiger partial charge is 0.452 e. The number of hydrogen-bond donors (Lipinski definition) is 2. The van der Waals surface area contributed by atoms with Gasteiger partial charge in [0.15, 0.2) is 23.6 Å². The third-order valence-corrected chi connectivity index (χ3v) is 5.44. The summed E-state index contributed by atoms with van der Waals surface area (Å²) in [5.74, 6) is -5.83. The molecule has 4 atom stereocenters. The zero-order valence-corrected chi connectivity index (χ0v) is 15.3. The normalized spacial score (nSPS) is 23.9. The minimum Gasteiger partial charge on any atom is -0.452 e. The molecule has 0 heterocycles. The number of fused-ring (bicyclic) bond motifs is 2. The van der Waals surface area contributed by atoms with Crippen LogP contribution in [0.4, 0.5) is 18.9 Å². The molecule has 6 nitrogen and oxygen atoms in total. The fourth-order valence-corrected chi connectivity index (χ4v) is 3.98. The van der Waals surface area contributed by atoms with Gasteiger partial charge in [0.2, 0.25) is 5.91 Å². The van der Waals surface area contributed by atoms with E-state index in [0.717, 1.165) is 31.7 Å². The lowest BCUT2D eigenvalue weighted by Gasteiger charge is -2.22. The van der Waals surface area contributed by atoms with Gasteiger partial charge < -0.3 is 15.4 Å². The van der Waals surface area contributed by atoms with Crippen LogP contribution in [0.25, 0.3) is 0 Å². The maximum Gasteiger partial charge on any atom is 0.309 e. The van der Waals surface area contributed by atoms with E-state index in [2.05, 4.69) is 5.32 Å². The number of esters is 1. The van der Waals surface area contributed by atoms with Gasteiger partial charge in [-0.05, 0) is 50.2 Å². The molecule has 28 heavy (non-hydrogen) atoms. The van der Waals surface area contributed by atoms with Gasteiger partial charge in [0.05, 0.1) is 18.2 Å². The van der Waals surface area contributed by atoms with E-state index in [1.54, 1.807) is 0 Å². The van der Waals surface area contributed by atoms with E-state index in [9.17, 15) is 27.6 Å². The molecule has 1 aromatic carbocycles. The number of benzene rings is 1.